The van der Waals surface area contributed by atoms with Crippen LogP contribution in [-0.4, -0.2) is 35.4 Å². The lowest BCUT2D eigenvalue weighted by Crippen LogP contribution is -2.37. The maximum Gasteiger partial charge on any atom is 0.454 e. The van der Waals surface area contributed by atoms with Crippen molar-refractivity contribution in [3.05, 3.63) is 41.6 Å². The van der Waals surface area contributed by atoms with Crippen molar-refractivity contribution in [3.8, 4) is 0 Å². The third-order valence-electron chi connectivity index (χ3n) is 4.02. The summed E-state index contributed by atoms with van der Waals surface area (Å²) in [6, 6.07) is 5.04. The summed E-state index contributed by atoms with van der Waals surface area (Å²) < 4.78 is 36.8. The number of para-hydroxylation sites is 1. The maximum absolute atomic E-state index is 12.5. The number of halogens is 3. The summed E-state index contributed by atoms with van der Waals surface area (Å²) in [7, 11) is 0. The quantitative estimate of drug-likeness (QED) is 0.855. The van der Waals surface area contributed by atoms with Crippen LogP contribution in [0.15, 0.2) is 30.5 Å². The number of amides is 1. The predicted octanol–water partition coefficient (Wildman–Crippen LogP) is 3.35. The third-order valence-corrected chi connectivity index (χ3v) is 4.02. The van der Waals surface area contributed by atoms with E-state index in [1.165, 1.54) is 4.90 Å². The van der Waals surface area contributed by atoms with Crippen LogP contribution in [0.2, 0.25) is 0 Å². The van der Waals surface area contributed by atoms with Crippen molar-refractivity contribution in [3.63, 3.8) is 0 Å². The molecule has 1 aromatic rings. The van der Waals surface area contributed by atoms with Gasteiger partial charge in [-0.05, 0) is 37.8 Å². The average Bonchev–Trinajstić information content (AvgIpc) is 2.96. The molecule has 1 aliphatic rings. The molecule has 1 fully saturated rings. The van der Waals surface area contributed by atoms with E-state index in [0.29, 0.717) is 31.1 Å². The Morgan fingerprint density at radius 1 is 1.25 bits per heavy atom. The number of hydrogen-bond acceptors (Lipinski definition) is 3. The SMILES string of the molecule is Cc1cccc(C)c1NC(=O)[C@H]1CCCN1/C=C/C(=O)C(F)(F)F. The van der Waals surface area contributed by atoms with Crippen LogP contribution in [0.25, 0.3) is 0 Å². The lowest BCUT2D eigenvalue weighted by Gasteiger charge is -2.23. The van der Waals surface area contributed by atoms with Gasteiger partial charge in [0.15, 0.2) is 0 Å². The van der Waals surface area contributed by atoms with Gasteiger partial charge in [0.05, 0.1) is 0 Å². The van der Waals surface area contributed by atoms with Crippen molar-refractivity contribution >= 4 is 17.4 Å². The fourth-order valence-corrected chi connectivity index (χ4v) is 2.73. The van der Waals surface area contributed by atoms with Crippen LogP contribution in [0.1, 0.15) is 24.0 Å². The number of allylic oxidation sites excluding steroid dienone is 1. The van der Waals surface area contributed by atoms with Gasteiger partial charge in [-0.2, -0.15) is 13.2 Å². The van der Waals surface area contributed by atoms with E-state index in [4.69, 9.17) is 0 Å². The number of likely N-dealkylation sites (tertiary alicyclic amines) is 1. The van der Waals surface area contributed by atoms with Crippen LogP contribution in [0.3, 0.4) is 0 Å². The summed E-state index contributed by atoms with van der Waals surface area (Å²) >= 11 is 0. The zero-order valence-electron chi connectivity index (χ0n) is 13.5. The topological polar surface area (TPSA) is 49.4 Å². The molecular formula is C17H19F3N2O2. The molecule has 7 heteroatoms. The van der Waals surface area contributed by atoms with Crippen LogP contribution >= 0.6 is 0 Å². The van der Waals surface area contributed by atoms with Gasteiger partial charge in [0.1, 0.15) is 6.04 Å². The minimum Gasteiger partial charge on any atom is -0.365 e. The number of nitrogens with one attached hydrogen (secondary N) is 1. The minimum atomic E-state index is -4.90. The summed E-state index contributed by atoms with van der Waals surface area (Å²) in [5.74, 6) is -2.21. The molecule has 0 aromatic heterocycles. The van der Waals surface area contributed by atoms with Gasteiger partial charge < -0.3 is 10.2 Å². The van der Waals surface area contributed by atoms with E-state index in [9.17, 15) is 22.8 Å². The largest absolute Gasteiger partial charge is 0.454 e. The van der Waals surface area contributed by atoms with E-state index in [-0.39, 0.29) is 5.91 Å². The van der Waals surface area contributed by atoms with Crippen LogP contribution in [-0.2, 0) is 9.59 Å². The van der Waals surface area contributed by atoms with Gasteiger partial charge in [0.2, 0.25) is 5.91 Å². The van der Waals surface area contributed by atoms with E-state index in [1.807, 2.05) is 32.0 Å². The summed E-state index contributed by atoms with van der Waals surface area (Å²) in [5.41, 5.74) is 2.54. The number of rotatable bonds is 4. The highest BCUT2D eigenvalue weighted by Gasteiger charge is 2.37. The highest BCUT2D eigenvalue weighted by molar-refractivity contribution is 5.97. The molecule has 1 saturated heterocycles. The van der Waals surface area contributed by atoms with Crippen molar-refractivity contribution in [2.24, 2.45) is 0 Å². The number of nitrogens with zero attached hydrogens (tertiary/aromatic N) is 1. The Morgan fingerprint density at radius 2 is 1.88 bits per heavy atom. The zero-order valence-corrected chi connectivity index (χ0v) is 13.5. The van der Waals surface area contributed by atoms with E-state index >= 15 is 0 Å². The first-order valence-corrected chi connectivity index (χ1v) is 7.62. The molecule has 0 bridgehead atoms. The van der Waals surface area contributed by atoms with Crippen molar-refractivity contribution in [2.75, 3.05) is 11.9 Å². The fraction of sp³-hybridized carbons (Fsp3) is 0.412. The third kappa shape index (κ3) is 4.15. The Morgan fingerprint density at radius 3 is 2.46 bits per heavy atom. The molecule has 0 saturated carbocycles. The van der Waals surface area contributed by atoms with Gasteiger partial charge in [0, 0.05) is 24.5 Å². The molecule has 1 heterocycles. The fourth-order valence-electron chi connectivity index (χ4n) is 2.73. The van der Waals surface area contributed by atoms with E-state index in [0.717, 1.165) is 17.3 Å². The summed E-state index contributed by atoms with van der Waals surface area (Å²) in [6.45, 7) is 4.18. The molecule has 1 aliphatic heterocycles. The molecule has 24 heavy (non-hydrogen) atoms. The number of hydrogen-bond donors (Lipinski definition) is 1. The minimum absolute atomic E-state index is 0.283. The van der Waals surface area contributed by atoms with Crippen LogP contribution in [0.5, 0.6) is 0 Å². The Labute approximate surface area is 138 Å². The van der Waals surface area contributed by atoms with Gasteiger partial charge in [-0.1, -0.05) is 18.2 Å². The monoisotopic (exact) mass is 340 g/mol. The summed E-state index contributed by atoms with van der Waals surface area (Å²) in [5, 5.41) is 2.85. The Balaban J connectivity index is 2.09. The Kier molecular flexibility index (Phi) is 5.31. The first-order chi connectivity index (χ1) is 11.2. The van der Waals surface area contributed by atoms with E-state index in [2.05, 4.69) is 5.32 Å². The highest BCUT2D eigenvalue weighted by atomic mass is 19.4. The standard InChI is InChI=1S/C17H19F3N2O2/c1-11-5-3-6-12(2)15(11)21-16(24)13-7-4-9-22(13)10-8-14(23)17(18,19)20/h3,5-6,8,10,13H,4,7,9H2,1-2H3,(H,21,24)/b10-8+/t13-/m1/s1. The average molecular weight is 340 g/mol. The number of ketones is 1. The van der Waals surface area contributed by atoms with Crippen LogP contribution < -0.4 is 5.32 Å². The first kappa shape index (κ1) is 18.0. The molecule has 2 rings (SSSR count). The lowest BCUT2D eigenvalue weighted by atomic mass is 10.1. The number of alkyl halides is 3. The Hall–Kier alpha value is -2.31. The second kappa shape index (κ2) is 7.07. The number of carbonyl (C=O) groups is 2. The smallest absolute Gasteiger partial charge is 0.365 e. The number of anilines is 1. The zero-order chi connectivity index (χ0) is 17.9. The predicted molar refractivity (Wildman–Crippen MR) is 84.5 cm³/mol. The molecule has 0 aliphatic carbocycles. The van der Waals surface area contributed by atoms with Crippen molar-refractivity contribution in [1.29, 1.82) is 0 Å². The number of aryl methyl sites for hydroxylation is 2. The van der Waals surface area contributed by atoms with Gasteiger partial charge in [-0.3, -0.25) is 9.59 Å². The Bertz CT molecular complexity index is 648. The second-order valence-corrected chi connectivity index (χ2v) is 5.83. The first-order valence-electron chi connectivity index (χ1n) is 7.62. The summed E-state index contributed by atoms with van der Waals surface area (Å²) in [4.78, 5) is 24.9. The molecule has 130 valence electrons. The second-order valence-electron chi connectivity index (χ2n) is 5.83. The molecular weight excluding hydrogens is 321 g/mol. The molecule has 1 atom stereocenters. The molecule has 0 unspecified atom stereocenters. The van der Waals surface area contributed by atoms with E-state index < -0.39 is 18.0 Å². The van der Waals surface area contributed by atoms with Gasteiger partial charge in [-0.25, -0.2) is 0 Å². The molecule has 4 nitrogen and oxygen atoms in total. The normalized spacial score (nSPS) is 18.2. The summed E-state index contributed by atoms with van der Waals surface area (Å²) in [6.07, 6.45) is -2.15. The number of carbonyl (C=O) groups excluding carboxylic acids is 2. The van der Waals surface area contributed by atoms with Crippen LogP contribution in [0, 0.1) is 13.8 Å². The van der Waals surface area contributed by atoms with Crippen LogP contribution in [0.4, 0.5) is 18.9 Å². The van der Waals surface area contributed by atoms with Gasteiger partial charge in [0.25, 0.3) is 5.78 Å². The van der Waals surface area contributed by atoms with Crippen molar-refractivity contribution < 1.29 is 22.8 Å². The van der Waals surface area contributed by atoms with Gasteiger partial charge in [-0.15, -0.1) is 0 Å². The lowest BCUT2D eigenvalue weighted by molar-refractivity contribution is -0.165. The molecule has 0 radical (unpaired) electrons. The van der Waals surface area contributed by atoms with Crippen molar-refractivity contribution in [1.82, 2.24) is 4.90 Å². The maximum atomic E-state index is 12.5. The molecule has 1 aromatic carbocycles. The van der Waals surface area contributed by atoms with Crippen molar-refractivity contribution in [2.45, 2.75) is 38.9 Å². The molecule has 0 spiro atoms. The molecule has 1 N–H and O–H groups in total. The molecule has 1 amide bonds. The van der Waals surface area contributed by atoms with E-state index in [1.54, 1.807) is 0 Å². The highest BCUT2D eigenvalue weighted by Crippen LogP contribution is 2.24. The van der Waals surface area contributed by atoms with Gasteiger partial charge >= 0.3 is 6.18 Å². The number of benzene rings is 1.